The number of aromatic nitrogens is 1. The van der Waals surface area contributed by atoms with Crippen molar-refractivity contribution in [2.24, 2.45) is 0 Å². The van der Waals surface area contributed by atoms with Crippen LogP contribution in [0.5, 0.6) is 11.8 Å². The lowest BCUT2D eigenvalue weighted by Crippen LogP contribution is -2.22. The van der Waals surface area contributed by atoms with E-state index in [4.69, 9.17) is 9.57 Å². The quantitative estimate of drug-likeness (QED) is 0.433. The Morgan fingerprint density at radius 3 is 2.44 bits per heavy atom. The predicted octanol–water partition coefficient (Wildman–Crippen LogP) is 3.89. The Morgan fingerprint density at radius 2 is 1.71 bits per heavy atom. The van der Waals surface area contributed by atoms with Crippen molar-refractivity contribution in [2.75, 3.05) is 17.7 Å². The lowest BCUT2D eigenvalue weighted by atomic mass is 9.97. The van der Waals surface area contributed by atoms with E-state index in [1.54, 1.807) is 6.07 Å². The van der Waals surface area contributed by atoms with Crippen molar-refractivity contribution in [3.8, 4) is 22.9 Å². The number of carbonyl (C=O) groups excluding carboxylic acids is 3. The van der Waals surface area contributed by atoms with Crippen molar-refractivity contribution >= 4 is 34.6 Å². The van der Waals surface area contributed by atoms with Gasteiger partial charge in [0.15, 0.2) is 5.12 Å². The third kappa shape index (κ3) is 5.01. The Bertz CT molecular complexity index is 1230. The minimum Gasteiger partial charge on any atom is -0.492 e. The van der Waals surface area contributed by atoms with Gasteiger partial charge >= 0.3 is 6.16 Å². The average Bonchev–Trinajstić information content (AvgIpc) is 3.28. The van der Waals surface area contributed by atoms with Crippen LogP contribution in [0.3, 0.4) is 0 Å². The van der Waals surface area contributed by atoms with Crippen LogP contribution in [0.2, 0.25) is 0 Å². The zero-order chi connectivity index (χ0) is 24.2. The molecule has 1 unspecified atom stereocenters. The maximum absolute atomic E-state index is 12.3. The number of benzene rings is 2. The van der Waals surface area contributed by atoms with Crippen molar-refractivity contribution in [3.63, 3.8) is 0 Å². The first-order chi connectivity index (χ1) is 16.3. The summed E-state index contributed by atoms with van der Waals surface area (Å²) in [5.41, 5.74) is 4.38. The van der Waals surface area contributed by atoms with E-state index in [9.17, 15) is 24.6 Å². The number of thioether (sulfide) groups is 1. The Morgan fingerprint density at radius 1 is 1.00 bits per heavy atom. The van der Waals surface area contributed by atoms with Gasteiger partial charge in [-0.15, -0.1) is 4.73 Å². The molecule has 1 amide bonds. The highest BCUT2D eigenvalue weighted by Gasteiger charge is 2.30. The normalized spacial score (nSPS) is 13.6. The van der Waals surface area contributed by atoms with Crippen molar-refractivity contribution in [3.05, 3.63) is 65.7 Å². The molecule has 0 spiro atoms. The molecule has 1 aliphatic rings. The molecule has 1 heterocycles. The molecule has 1 aliphatic carbocycles. The van der Waals surface area contributed by atoms with Gasteiger partial charge in [0.2, 0.25) is 17.7 Å². The highest BCUT2D eigenvalue weighted by molar-refractivity contribution is 8.13. The number of amides is 1. The lowest BCUT2D eigenvalue weighted by molar-refractivity contribution is -0.115. The van der Waals surface area contributed by atoms with Gasteiger partial charge in [0.1, 0.15) is 6.61 Å². The van der Waals surface area contributed by atoms with Crippen LogP contribution < -0.4 is 10.2 Å². The molecule has 3 aromatic rings. The summed E-state index contributed by atoms with van der Waals surface area (Å²) in [5, 5.41) is 22.1. The minimum absolute atomic E-state index is 0.0355. The van der Waals surface area contributed by atoms with E-state index in [0.29, 0.717) is 16.2 Å². The zero-order valence-electron chi connectivity index (χ0n) is 18.2. The molecule has 0 saturated carbocycles. The first-order valence-electron chi connectivity index (χ1n) is 10.4. The number of nitrogens with one attached hydrogen (secondary N) is 1. The first kappa shape index (κ1) is 23.2. The molecule has 0 radical (unpaired) electrons. The molecule has 2 aromatic carbocycles. The highest BCUT2D eigenvalue weighted by Crippen LogP contribution is 2.45. The lowest BCUT2D eigenvalue weighted by Gasteiger charge is -2.15. The Balaban J connectivity index is 1.48. The average molecular weight is 483 g/mol. The molecule has 34 heavy (non-hydrogen) atoms. The van der Waals surface area contributed by atoms with Gasteiger partial charge in [-0.1, -0.05) is 42.1 Å². The molecular formula is C24H22N2O7S. The van der Waals surface area contributed by atoms with E-state index in [0.717, 1.165) is 34.0 Å². The van der Waals surface area contributed by atoms with E-state index in [2.05, 4.69) is 5.32 Å². The van der Waals surface area contributed by atoms with Crippen LogP contribution in [0, 0.1) is 0 Å². The number of rotatable bonds is 7. The largest absolute Gasteiger partial charge is 0.534 e. The summed E-state index contributed by atoms with van der Waals surface area (Å²) in [6.45, 7) is 1.40. The summed E-state index contributed by atoms with van der Waals surface area (Å²) in [7, 11) is 0. The van der Waals surface area contributed by atoms with Crippen LogP contribution >= 0.6 is 11.8 Å². The van der Waals surface area contributed by atoms with Crippen molar-refractivity contribution in [2.45, 2.75) is 19.3 Å². The first-order valence-corrected chi connectivity index (χ1v) is 11.4. The van der Waals surface area contributed by atoms with Crippen LogP contribution in [-0.4, -0.2) is 44.5 Å². The summed E-state index contributed by atoms with van der Waals surface area (Å²) in [6, 6.07) is 15.6. The van der Waals surface area contributed by atoms with E-state index in [1.165, 1.54) is 19.1 Å². The second kappa shape index (κ2) is 9.92. The third-order valence-corrected chi connectivity index (χ3v) is 6.12. The number of hydrogen-bond donors (Lipinski definition) is 3. The van der Waals surface area contributed by atoms with Crippen LogP contribution in [0.1, 0.15) is 30.4 Å². The molecule has 0 saturated heterocycles. The second-order valence-corrected chi connectivity index (χ2v) is 8.85. The van der Waals surface area contributed by atoms with Crippen LogP contribution in [0.25, 0.3) is 11.1 Å². The van der Waals surface area contributed by atoms with Gasteiger partial charge in [0.25, 0.3) is 0 Å². The minimum atomic E-state index is -1.10. The zero-order valence-corrected chi connectivity index (χ0v) is 19.0. The van der Waals surface area contributed by atoms with E-state index in [-0.39, 0.29) is 30.0 Å². The Labute approximate surface area is 199 Å². The Hall–Kier alpha value is -3.92. The molecule has 0 fully saturated rings. The fourth-order valence-corrected chi connectivity index (χ4v) is 4.40. The summed E-state index contributed by atoms with van der Waals surface area (Å²) in [6.07, 6.45) is -0.890. The third-order valence-electron chi connectivity index (χ3n) is 5.30. The molecule has 9 nitrogen and oxygen atoms in total. The number of anilines is 1. The molecule has 10 heteroatoms. The van der Waals surface area contributed by atoms with Crippen LogP contribution in [-0.2, 0) is 14.3 Å². The molecule has 176 valence electrons. The number of carbonyl (C=O) groups is 3. The molecule has 1 aromatic heterocycles. The number of hydrogen-bond acceptors (Lipinski definition) is 8. The monoisotopic (exact) mass is 482 g/mol. The fourth-order valence-electron chi connectivity index (χ4n) is 3.83. The molecular weight excluding hydrogens is 460 g/mol. The van der Waals surface area contributed by atoms with Gasteiger partial charge in [0.05, 0.1) is 0 Å². The Kier molecular flexibility index (Phi) is 6.78. The van der Waals surface area contributed by atoms with Gasteiger partial charge in [-0.2, -0.15) is 0 Å². The van der Waals surface area contributed by atoms with Gasteiger partial charge < -0.3 is 20.3 Å². The number of fused-ring (bicyclic) bond motifs is 3. The molecule has 0 aliphatic heterocycles. The molecule has 4 rings (SSSR count). The maximum atomic E-state index is 12.3. The van der Waals surface area contributed by atoms with E-state index < -0.39 is 17.9 Å². The van der Waals surface area contributed by atoms with E-state index >= 15 is 0 Å². The van der Waals surface area contributed by atoms with E-state index in [1.807, 2.05) is 36.4 Å². The summed E-state index contributed by atoms with van der Waals surface area (Å²) in [4.78, 5) is 40.3. The van der Waals surface area contributed by atoms with Crippen molar-refractivity contribution in [1.29, 1.82) is 0 Å². The highest BCUT2D eigenvalue weighted by atomic mass is 32.2. The number of aromatic hydroxyl groups is 2. The predicted molar refractivity (Wildman–Crippen MR) is 126 cm³/mol. The van der Waals surface area contributed by atoms with Crippen molar-refractivity contribution < 1.29 is 34.2 Å². The van der Waals surface area contributed by atoms with Gasteiger partial charge in [-0.25, -0.2) is 4.79 Å². The van der Waals surface area contributed by atoms with Gasteiger partial charge in [-0.05, 0) is 34.4 Å². The molecule has 1 atom stereocenters. The van der Waals surface area contributed by atoms with Crippen molar-refractivity contribution in [1.82, 2.24) is 4.73 Å². The van der Waals surface area contributed by atoms with Crippen LogP contribution in [0.15, 0.2) is 54.6 Å². The summed E-state index contributed by atoms with van der Waals surface area (Å²) in [5.74, 6) is -1.01. The number of ether oxygens (including phenoxy) is 1. The standard InChI is InChI=1S/C24H22N2O7S/c1-14(27)34-11-10-21(28)25-15-6-7-18-16-4-2-3-5-17(16)20(19(18)12-15)13-32-24(31)33-26-22(29)8-9-23(26)30/h2-9,12,20,29-30H,10-11,13H2,1H3,(H,25,28). The smallest absolute Gasteiger partial charge is 0.492 e. The van der Waals surface area contributed by atoms with Gasteiger partial charge in [0, 0.05) is 42.8 Å². The summed E-state index contributed by atoms with van der Waals surface area (Å²) < 4.78 is 5.85. The fraction of sp³-hybridized carbons (Fsp3) is 0.208. The van der Waals surface area contributed by atoms with Gasteiger partial charge in [-0.3, -0.25) is 14.4 Å². The maximum Gasteiger partial charge on any atom is 0.534 e. The summed E-state index contributed by atoms with van der Waals surface area (Å²) >= 11 is 1.10. The van der Waals surface area contributed by atoms with Crippen LogP contribution in [0.4, 0.5) is 10.5 Å². The SMILES string of the molecule is CC(=O)SCCC(=O)Nc1ccc2c(c1)C(COC(=O)On1c(O)ccc1O)c1ccccc1-2. The number of nitrogens with zero attached hydrogens (tertiary/aromatic N) is 1. The second-order valence-electron chi connectivity index (χ2n) is 7.58. The molecule has 0 bridgehead atoms. The topological polar surface area (TPSA) is 127 Å². The molecule has 3 N–H and O–H groups in total.